The lowest BCUT2D eigenvalue weighted by atomic mass is 9.80. The van der Waals surface area contributed by atoms with Crippen molar-refractivity contribution in [1.82, 2.24) is 19.8 Å². The maximum absolute atomic E-state index is 12.7. The molecule has 0 saturated carbocycles. The molecule has 1 aromatic rings. The van der Waals surface area contributed by atoms with Crippen molar-refractivity contribution in [2.24, 2.45) is 0 Å². The minimum absolute atomic E-state index is 0.274. The Hall–Kier alpha value is -1.52. The minimum atomic E-state index is 0.274. The van der Waals surface area contributed by atoms with E-state index in [1.165, 1.54) is 17.8 Å². The van der Waals surface area contributed by atoms with Crippen LogP contribution in [0.2, 0.25) is 0 Å². The van der Waals surface area contributed by atoms with Crippen LogP contribution in [0.4, 0.5) is 4.79 Å². The molecule has 2 fully saturated rings. The summed E-state index contributed by atoms with van der Waals surface area (Å²) in [4.78, 5) is 24.7. The summed E-state index contributed by atoms with van der Waals surface area (Å²) in [6.45, 7) is 2.79. The zero-order valence-electron chi connectivity index (χ0n) is 11.8. The van der Waals surface area contributed by atoms with Gasteiger partial charge in [0, 0.05) is 43.7 Å². The van der Waals surface area contributed by atoms with E-state index < -0.39 is 0 Å². The van der Waals surface area contributed by atoms with Gasteiger partial charge in [-0.1, -0.05) is 0 Å². The SMILES string of the molecule is O=C(N1CCCCC1)N1CC[C@@H]2CC1Cc1[nH]cnc12. The summed E-state index contributed by atoms with van der Waals surface area (Å²) >= 11 is 0. The molecule has 2 bridgehead atoms. The lowest BCUT2D eigenvalue weighted by molar-refractivity contribution is 0.0977. The monoisotopic (exact) mass is 274 g/mol. The summed E-state index contributed by atoms with van der Waals surface area (Å²) in [6.07, 6.45) is 8.51. The quantitative estimate of drug-likeness (QED) is 0.788. The first kappa shape index (κ1) is 12.2. The van der Waals surface area contributed by atoms with Crippen LogP contribution < -0.4 is 0 Å². The van der Waals surface area contributed by atoms with Crippen molar-refractivity contribution in [3.8, 4) is 0 Å². The van der Waals surface area contributed by atoms with Crippen molar-refractivity contribution >= 4 is 6.03 Å². The van der Waals surface area contributed by atoms with Gasteiger partial charge in [-0.3, -0.25) is 0 Å². The first-order valence-electron chi connectivity index (χ1n) is 7.90. The molecule has 0 aromatic carbocycles. The maximum atomic E-state index is 12.7. The van der Waals surface area contributed by atoms with Crippen LogP contribution in [0.3, 0.4) is 0 Å². The molecule has 1 unspecified atom stereocenters. The minimum Gasteiger partial charge on any atom is -0.348 e. The Labute approximate surface area is 119 Å². The van der Waals surface area contributed by atoms with E-state index in [0.29, 0.717) is 12.0 Å². The molecule has 1 N–H and O–H groups in total. The Morgan fingerprint density at radius 1 is 1.25 bits per heavy atom. The number of piperidine rings is 2. The third kappa shape index (κ3) is 1.91. The molecule has 2 atom stereocenters. The highest BCUT2D eigenvalue weighted by Gasteiger charge is 2.39. The van der Waals surface area contributed by atoms with Gasteiger partial charge in [-0.15, -0.1) is 0 Å². The summed E-state index contributed by atoms with van der Waals surface area (Å²) in [6, 6.07) is 0.646. The Balaban J connectivity index is 1.52. The number of H-pyrrole nitrogens is 1. The lowest BCUT2D eigenvalue weighted by Crippen LogP contribution is -2.54. The molecular weight excluding hydrogens is 252 g/mol. The number of fused-ring (bicyclic) bond motifs is 4. The number of rotatable bonds is 0. The lowest BCUT2D eigenvalue weighted by Gasteiger charge is -2.44. The van der Waals surface area contributed by atoms with Crippen molar-refractivity contribution in [2.45, 2.75) is 50.5 Å². The van der Waals surface area contributed by atoms with Gasteiger partial charge in [0.25, 0.3) is 0 Å². The van der Waals surface area contributed by atoms with Crippen molar-refractivity contribution in [2.75, 3.05) is 19.6 Å². The number of carbonyl (C=O) groups is 1. The Kier molecular flexibility index (Phi) is 2.93. The van der Waals surface area contributed by atoms with Crippen molar-refractivity contribution in [1.29, 1.82) is 0 Å². The molecular formula is C15H22N4O. The van der Waals surface area contributed by atoms with E-state index in [4.69, 9.17) is 0 Å². The number of likely N-dealkylation sites (tertiary alicyclic amines) is 2. The molecule has 4 rings (SSSR count). The molecule has 0 radical (unpaired) electrons. The number of hydrogen-bond donors (Lipinski definition) is 1. The standard InChI is InChI=1S/C15H22N4O/c20-15(18-5-2-1-3-6-18)19-7-4-11-8-12(19)9-13-14(11)17-10-16-13/h10-12H,1-9H2,(H,16,17)/t11-,12?/m1/s1. The predicted octanol–water partition coefficient (Wildman–Crippen LogP) is 2.12. The summed E-state index contributed by atoms with van der Waals surface area (Å²) in [5, 5.41) is 0. The molecule has 108 valence electrons. The number of aromatic nitrogens is 2. The van der Waals surface area contributed by atoms with E-state index in [2.05, 4.69) is 19.8 Å². The molecule has 5 nitrogen and oxygen atoms in total. The summed E-state index contributed by atoms with van der Waals surface area (Å²) in [5.74, 6) is 0.556. The molecule has 20 heavy (non-hydrogen) atoms. The molecule has 2 amide bonds. The second kappa shape index (κ2) is 4.79. The Bertz CT molecular complexity index is 506. The van der Waals surface area contributed by atoms with Gasteiger partial charge >= 0.3 is 6.03 Å². The molecule has 5 heteroatoms. The molecule has 3 heterocycles. The van der Waals surface area contributed by atoms with E-state index in [1.54, 1.807) is 0 Å². The van der Waals surface area contributed by atoms with Crippen LogP contribution in [-0.4, -0.2) is 51.5 Å². The van der Waals surface area contributed by atoms with Crippen molar-refractivity contribution < 1.29 is 4.79 Å². The topological polar surface area (TPSA) is 52.2 Å². The molecule has 2 saturated heterocycles. The normalized spacial score (nSPS) is 29.2. The van der Waals surface area contributed by atoms with Crippen LogP contribution in [0, 0.1) is 0 Å². The van der Waals surface area contributed by atoms with E-state index in [-0.39, 0.29) is 6.03 Å². The second-order valence-corrected chi connectivity index (χ2v) is 6.37. The highest BCUT2D eigenvalue weighted by Crippen LogP contribution is 2.38. The highest BCUT2D eigenvalue weighted by atomic mass is 16.2. The average molecular weight is 274 g/mol. The summed E-state index contributed by atoms with van der Waals surface area (Å²) in [5.41, 5.74) is 2.51. The van der Waals surface area contributed by atoms with Gasteiger partial charge in [-0.25, -0.2) is 9.78 Å². The average Bonchev–Trinajstić information content (AvgIpc) is 2.96. The number of hydrogen-bond acceptors (Lipinski definition) is 2. The third-order valence-electron chi connectivity index (χ3n) is 5.17. The molecule has 0 spiro atoms. The van der Waals surface area contributed by atoms with Gasteiger partial charge in [0.2, 0.25) is 0 Å². The van der Waals surface area contributed by atoms with Gasteiger partial charge in [0.05, 0.1) is 12.0 Å². The maximum Gasteiger partial charge on any atom is 0.320 e. The Morgan fingerprint density at radius 3 is 2.95 bits per heavy atom. The largest absolute Gasteiger partial charge is 0.348 e. The van der Waals surface area contributed by atoms with Gasteiger partial charge in [-0.05, 0) is 32.1 Å². The van der Waals surface area contributed by atoms with Crippen molar-refractivity contribution in [3.63, 3.8) is 0 Å². The van der Waals surface area contributed by atoms with Crippen molar-refractivity contribution in [3.05, 3.63) is 17.7 Å². The number of aromatic amines is 1. The Morgan fingerprint density at radius 2 is 2.10 bits per heavy atom. The number of imidazole rings is 1. The fourth-order valence-electron chi connectivity index (χ4n) is 4.09. The number of urea groups is 1. The van der Waals surface area contributed by atoms with Crippen LogP contribution in [0.25, 0.3) is 0 Å². The third-order valence-corrected chi connectivity index (χ3v) is 5.17. The second-order valence-electron chi connectivity index (χ2n) is 6.37. The van der Waals surface area contributed by atoms with Gasteiger partial charge in [-0.2, -0.15) is 0 Å². The van der Waals surface area contributed by atoms with Crippen LogP contribution >= 0.6 is 0 Å². The molecule has 1 aromatic heterocycles. The number of carbonyl (C=O) groups excluding carboxylic acids is 1. The van der Waals surface area contributed by atoms with E-state index in [9.17, 15) is 4.79 Å². The van der Waals surface area contributed by atoms with E-state index >= 15 is 0 Å². The molecule has 1 aliphatic carbocycles. The number of nitrogens with zero attached hydrogens (tertiary/aromatic N) is 3. The molecule has 3 aliphatic rings. The van der Waals surface area contributed by atoms with E-state index in [0.717, 1.165) is 51.7 Å². The van der Waals surface area contributed by atoms with Crippen LogP contribution in [-0.2, 0) is 6.42 Å². The smallest absolute Gasteiger partial charge is 0.320 e. The number of nitrogens with one attached hydrogen (secondary N) is 1. The van der Waals surface area contributed by atoms with Crippen LogP contribution in [0.15, 0.2) is 6.33 Å². The highest BCUT2D eigenvalue weighted by molar-refractivity contribution is 5.75. The van der Waals surface area contributed by atoms with Gasteiger partial charge in [0.15, 0.2) is 0 Å². The molecule has 2 aliphatic heterocycles. The van der Waals surface area contributed by atoms with Crippen LogP contribution in [0.1, 0.15) is 49.4 Å². The summed E-state index contributed by atoms with van der Waals surface area (Å²) in [7, 11) is 0. The fourth-order valence-corrected chi connectivity index (χ4v) is 4.09. The fraction of sp³-hybridized carbons (Fsp3) is 0.733. The number of amides is 2. The van der Waals surface area contributed by atoms with Gasteiger partial charge in [0.1, 0.15) is 0 Å². The zero-order valence-corrected chi connectivity index (χ0v) is 11.8. The predicted molar refractivity (Wildman–Crippen MR) is 75.6 cm³/mol. The van der Waals surface area contributed by atoms with E-state index in [1.807, 2.05) is 6.33 Å². The summed E-state index contributed by atoms with van der Waals surface area (Å²) < 4.78 is 0. The first-order valence-corrected chi connectivity index (χ1v) is 7.90. The first-order chi connectivity index (χ1) is 9.83. The van der Waals surface area contributed by atoms with Crippen LogP contribution in [0.5, 0.6) is 0 Å². The van der Waals surface area contributed by atoms with Gasteiger partial charge < -0.3 is 14.8 Å². The zero-order chi connectivity index (χ0) is 13.5.